The fourth-order valence-corrected chi connectivity index (χ4v) is 3.93. The summed E-state index contributed by atoms with van der Waals surface area (Å²) < 4.78 is 24.4. The molecule has 0 aliphatic rings. The van der Waals surface area contributed by atoms with Gasteiger partial charge in [-0.1, -0.05) is 19.6 Å². The van der Waals surface area contributed by atoms with Gasteiger partial charge in [0.05, 0.1) is 39.2 Å². The molecule has 26 heavy (non-hydrogen) atoms. The summed E-state index contributed by atoms with van der Waals surface area (Å²) in [6, 6.07) is 1.12. The molecule has 0 spiro atoms. The third-order valence-electron chi connectivity index (χ3n) is 3.65. The van der Waals surface area contributed by atoms with E-state index in [-0.39, 0.29) is 0 Å². The smallest absolute Gasteiger partial charge is 0.144 e. The summed E-state index contributed by atoms with van der Waals surface area (Å²) in [5.74, 6) is 0. The predicted molar refractivity (Wildman–Crippen MR) is 115 cm³/mol. The Morgan fingerprint density at radius 3 is 2.65 bits per heavy atom. The number of aromatic nitrogens is 3. The Balaban J connectivity index is 2.19. The van der Waals surface area contributed by atoms with Crippen molar-refractivity contribution < 1.29 is 8.95 Å². The molecular formula is C17H27BrN4O2SSi. The number of nitrogens with zero attached hydrogens (tertiary/aromatic N) is 4. The molecule has 0 amide bonds. The molecule has 0 fully saturated rings. The predicted octanol–water partition coefficient (Wildman–Crippen LogP) is 4.39. The van der Waals surface area contributed by atoms with E-state index >= 15 is 0 Å². The first-order chi connectivity index (χ1) is 12.0. The van der Waals surface area contributed by atoms with E-state index in [1.807, 2.05) is 25.3 Å². The minimum absolute atomic E-state index is 0.404. The molecule has 0 radical (unpaired) electrons. The average molecular weight is 459 g/mol. The highest BCUT2D eigenvalue weighted by molar-refractivity contribution is 9.10. The van der Waals surface area contributed by atoms with Gasteiger partial charge in [-0.15, -0.1) is 0 Å². The lowest BCUT2D eigenvalue weighted by Gasteiger charge is -2.15. The van der Waals surface area contributed by atoms with Gasteiger partial charge < -0.3 is 9.30 Å². The Bertz CT molecular complexity index is 825. The largest absolute Gasteiger partial charge is 0.361 e. The topological polar surface area (TPSA) is 69.4 Å². The molecule has 2 aromatic heterocycles. The van der Waals surface area contributed by atoms with Crippen molar-refractivity contribution in [1.29, 1.82) is 0 Å². The van der Waals surface area contributed by atoms with E-state index in [9.17, 15) is 4.21 Å². The number of hydrogen-bond donors (Lipinski definition) is 0. The fraction of sp³-hybridized carbons (Fsp3) is 0.588. The highest BCUT2D eigenvalue weighted by Crippen LogP contribution is 2.25. The molecular weight excluding hydrogens is 432 g/mol. The zero-order valence-electron chi connectivity index (χ0n) is 16.2. The molecule has 0 N–H and O–H groups in total. The monoisotopic (exact) mass is 458 g/mol. The standard InChI is InChI=1S/C17H27BrN4O2SSi/c1-17(2,3)25(23)21-10-13-15(18)16-14(9-19-13)20-11-22(16)12-24-7-8-26(4,5)6/h9-11H,7-8,12H2,1-6H3/b21-10+. The summed E-state index contributed by atoms with van der Waals surface area (Å²) in [5, 5.41) is 0. The van der Waals surface area contributed by atoms with Gasteiger partial charge in [-0.25, -0.2) is 9.19 Å². The first-order valence-corrected chi connectivity index (χ1v) is 14.1. The summed E-state index contributed by atoms with van der Waals surface area (Å²) >= 11 is 3.59. The first-order valence-electron chi connectivity index (χ1n) is 8.52. The van der Waals surface area contributed by atoms with E-state index in [4.69, 9.17) is 4.74 Å². The fourth-order valence-electron chi connectivity index (χ4n) is 2.02. The SMILES string of the molecule is CC(C)(C)S(=O)/N=C/c1ncc2ncn(COCC[Si](C)(C)C)c2c1Br. The minimum Gasteiger partial charge on any atom is -0.361 e. The van der Waals surface area contributed by atoms with Crippen LogP contribution in [0.5, 0.6) is 0 Å². The van der Waals surface area contributed by atoms with Crippen LogP contribution in [-0.4, -0.2) is 44.4 Å². The number of ether oxygens (including phenoxy) is 1. The second-order valence-electron chi connectivity index (χ2n) is 8.35. The molecule has 2 rings (SSSR count). The third kappa shape index (κ3) is 5.80. The molecule has 9 heteroatoms. The van der Waals surface area contributed by atoms with Crippen LogP contribution >= 0.6 is 15.9 Å². The molecule has 144 valence electrons. The maximum absolute atomic E-state index is 12.1. The Kier molecular flexibility index (Phi) is 6.92. The van der Waals surface area contributed by atoms with Gasteiger partial charge in [0.1, 0.15) is 23.2 Å². The number of fused-ring (bicyclic) bond motifs is 1. The second-order valence-corrected chi connectivity index (χ2v) is 16.7. The molecule has 0 bridgehead atoms. The van der Waals surface area contributed by atoms with Gasteiger partial charge in [0.15, 0.2) is 0 Å². The molecule has 0 aliphatic heterocycles. The van der Waals surface area contributed by atoms with Crippen LogP contribution in [0.15, 0.2) is 21.4 Å². The van der Waals surface area contributed by atoms with Crippen molar-refractivity contribution in [3.63, 3.8) is 0 Å². The van der Waals surface area contributed by atoms with Gasteiger partial charge in [-0.3, -0.25) is 4.98 Å². The van der Waals surface area contributed by atoms with Gasteiger partial charge in [0.25, 0.3) is 0 Å². The number of pyridine rings is 1. The van der Waals surface area contributed by atoms with Crippen LogP contribution in [0.25, 0.3) is 11.0 Å². The number of hydrogen-bond acceptors (Lipinski definition) is 4. The average Bonchev–Trinajstić information content (AvgIpc) is 2.92. The summed E-state index contributed by atoms with van der Waals surface area (Å²) in [5.41, 5.74) is 2.30. The Hall–Kier alpha value is -0.903. The van der Waals surface area contributed by atoms with E-state index < -0.39 is 23.8 Å². The first kappa shape index (κ1) is 21.4. The molecule has 1 unspecified atom stereocenters. The van der Waals surface area contributed by atoms with E-state index in [0.29, 0.717) is 12.4 Å². The van der Waals surface area contributed by atoms with Crippen LogP contribution in [0.2, 0.25) is 25.7 Å². The molecule has 0 aliphatic carbocycles. The number of halogens is 1. The van der Waals surface area contributed by atoms with E-state index in [2.05, 4.69) is 49.9 Å². The van der Waals surface area contributed by atoms with Crippen molar-refractivity contribution in [3.05, 3.63) is 22.7 Å². The summed E-state index contributed by atoms with van der Waals surface area (Å²) in [7, 11) is -2.43. The van der Waals surface area contributed by atoms with Gasteiger partial charge in [0.2, 0.25) is 0 Å². The maximum atomic E-state index is 12.1. The van der Waals surface area contributed by atoms with Crippen LogP contribution < -0.4 is 0 Å². The third-order valence-corrected chi connectivity index (χ3v) is 7.48. The van der Waals surface area contributed by atoms with Crippen molar-refractivity contribution in [1.82, 2.24) is 14.5 Å². The lowest BCUT2D eigenvalue weighted by atomic mass is 10.3. The minimum atomic E-state index is -1.32. The van der Waals surface area contributed by atoms with Crippen molar-refractivity contribution in [2.24, 2.45) is 4.40 Å². The van der Waals surface area contributed by atoms with Crippen LogP contribution in [0.1, 0.15) is 26.5 Å². The van der Waals surface area contributed by atoms with Gasteiger partial charge in [-0.05, 0) is 42.7 Å². The van der Waals surface area contributed by atoms with Gasteiger partial charge >= 0.3 is 0 Å². The highest BCUT2D eigenvalue weighted by atomic mass is 79.9. The van der Waals surface area contributed by atoms with Crippen LogP contribution in [0.4, 0.5) is 0 Å². The van der Waals surface area contributed by atoms with Gasteiger partial charge in [0, 0.05) is 14.7 Å². The van der Waals surface area contributed by atoms with Crippen LogP contribution in [0, 0.1) is 0 Å². The van der Waals surface area contributed by atoms with E-state index in [1.54, 1.807) is 18.7 Å². The van der Waals surface area contributed by atoms with E-state index in [1.165, 1.54) is 0 Å². The van der Waals surface area contributed by atoms with Crippen LogP contribution in [-0.2, 0) is 22.5 Å². The quantitative estimate of drug-likeness (QED) is 0.350. The molecule has 0 aromatic carbocycles. The Labute approximate surface area is 167 Å². The number of rotatable bonds is 7. The maximum Gasteiger partial charge on any atom is 0.144 e. The highest BCUT2D eigenvalue weighted by Gasteiger charge is 2.19. The number of imidazole rings is 1. The summed E-state index contributed by atoms with van der Waals surface area (Å²) in [6.07, 6.45) is 4.99. The summed E-state index contributed by atoms with van der Waals surface area (Å²) in [4.78, 5) is 8.74. The van der Waals surface area contributed by atoms with Gasteiger partial charge in [-0.2, -0.15) is 4.40 Å². The molecule has 0 saturated carbocycles. The van der Waals surface area contributed by atoms with Crippen molar-refractivity contribution >= 4 is 52.2 Å². The molecule has 0 saturated heterocycles. The summed E-state index contributed by atoms with van der Waals surface area (Å²) in [6.45, 7) is 13.8. The molecule has 1 atom stereocenters. The second kappa shape index (κ2) is 8.41. The zero-order chi connectivity index (χ0) is 19.5. The molecule has 2 heterocycles. The van der Waals surface area contributed by atoms with Crippen molar-refractivity contribution in [3.8, 4) is 0 Å². The lowest BCUT2D eigenvalue weighted by molar-refractivity contribution is 0.0898. The Morgan fingerprint density at radius 2 is 2.04 bits per heavy atom. The van der Waals surface area contributed by atoms with Crippen LogP contribution in [0.3, 0.4) is 0 Å². The molecule has 2 aromatic rings. The lowest BCUT2D eigenvalue weighted by Crippen LogP contribution is -2.22. The van der Waals surface area contributed by atoms with Crippen molar-refractivity contribution in [2.75, 3.05) is 6.61 Å². The zero-order valence-corrected chi connectivity index (χ0v) is 19.6. The van der Waals surface area contributed by atoms with Crippen molar-refractivity contribution in [2.45, 2.75) is 57.9 Å². The Morgan fingerprint density at radius 1 is 1.35 bits per heavy atom. The molecule has 6 nitrogen and oxygen atoms in total. The van der Waals surface area contributed by atoms with E-state index in [0.717, 1.165) is 28.2 Å². The normalized spacial score (nSPS) is 14.4.